The van der Waals surface area contributed by atoms with Crippen molar-refractivity contribution in [1.29, 1.82) is 0 Å². The van der Waals surface area contributed by atoms with Gasteiger partial charge in [-0.3, -0.25) is 9.59 Å². The van der Waals surface area contributed by atoms with E-state index in [1.165, 1.54) is 4.90 Å². The van der Waals surface area contributed by atoms with Gasteiger partial charge in [0.25, 0.3) is 11.5 Å². The molecule has 0 fully saturated rings. The molecule has 0 aliphatic rings. The Hall–Kier alpha value is -4.23. The quantitative estimate of drug-likeness (QED) is 0.312. The molecule has 7 nitrogen and oxygen atoms in total. The number of aliphatic hydroxyl groups is 1. The number of H-pyrrole nitrogens is 1. The van der Waals surface area contributed by atoms with Crippen LogP contribution in [0.25, 0.3) is 11.1 Å². The van der Waals surface area contributed by atoms with Gasteiger partial charge >= 0.3 is 0 Å². The van der Waals surface area contributed by atoms with Crippen molar-refractivity contribution >= 4 is 5.91 Å². The largest absolute Gasteiger partial charge is 0.481 e. The van der Waals surface area contributed by atoms with Crippen molar-refractivity contribution in [2.24, 2.45) is 0 Å². The number of hydrogen-bond donors (Lipinski definition) is 2. The minimum absolute atomic E-state index is 0.0640. The van der Waals surface area contributed by atoms with E-state index in [1.54, 1.807) is 0 Å². The summed E-state index contributed by atoms with van der Waals surface area (Å²) < 4.78 is 5.90. The van der Waals surface area contributed by atoms with Gasteiger partial charge in [0, 0.05) is 18.5 Å². The van der Waals surface area contributed by atoms with Crippen LogP contribution in [-0.4, -0.2) is 45.1 Å². The highest BCUT2D eigenvalue weighted by molar-refractivity contribution is 5.95. The molecule has 1 aromatic heterocycles. The molecular weight excluding hydrogens is 478 g/mol. The zero-order valence-corrected chi connectivity index (χ0v) is 21.9. The Kier molecular flexibility index (Phi) is 8.71. The van der Waals surface area contributed by atoms with E-state index < -0.39 is 11.5 Å². The molecule has 0 aliphatic carbocycles. The third-order valence-electron chi connectivity index (χ3n) is 6.47. The topological polar surface area (TPSA) is 95.5 Å². The maximum absolute atomic E-state index is 13.7. The second kappa shape index (κ2) is 12.3. The predicted octanol–water partition coefficient (Wildman–Crippen LogP) is 5.01. The number of hydrogen-bond acceptors (Lipinski definition) is 5. The number of rotatable bonds is 10. The Bertz CT molecular complexity index is 1420. The molecule has 0 saturated heterocycles. The van der Waals surface area contributed by atoms with Crippen LogP contribution in [0.5, 0.6) is 5.75 Å². The van der Waals surface area contributed by atoms with Gasteiger partial charge in [-0.2, -0.15) is 0 Å². The van der Waals surface area contributed by atoms with Crippen LogP contribution in [0.4, 0.5) is 0 Å². The van der Waals surface area contributed by atoms with Crippen molar-refractivity contribution in [2.75, 3.05) is 13.2 Å². The summed E-state index contributed by atoms with van der Waals surface area (Å²) >= 11 is 0. The van der Waals surface area contributed by atoms with E-state index in [4.69, 9.17) is 4.74 Å². The van der Waals surface area contributed by atoms with Crippen molar-refractivity contribution in [3.05, 3.63) is 118 Å². The summed E-state index contributed by atoms with van der Waals surface area (Å²) in [6, 6.07) is 27.1. The van der Waals surface area contributed by atoms with E-state index in [0.717, 1.165) is 22.3 Å². The molecule has 0 aliphatic heterocycles. The maximum Gasteiger partial charge on any atom is 0.294 e. The van der Waals surface area contributed by atoms with Crippen molar-refractivity contribution in [3.63, 3.8) is 0 Å². The molecule has 1 amide bonds. The molecule has 196 valence electrons. The molecule has 38 heavy (non-hydrogen) atoms. The first kappa shape index (κ1) is 26.8. The van der Waals surface area contributed by atoms with Gasteiger partial charge in [-0.15, -0.1) is 0 Å². The average Bonchev–Trinajstić information content (AvgIpc) is 2.95. The first-order valence-corrected chi connectivity index (χ1v) is 12.8. The molecule has 1 unspecified atom stereocenters. The Balaban J connectivity index is 1.79. The Labute approximate surface area is 222 Å². The molecule has 0 saturated carbocycles. The van der Waals surface area contributed by atoms with Crippen molar-refractivity contribution in [3.8, 4) is 16.9 Å². The number of nitrogens with one attached hydrogen (secondary N) is 1. The number of benzene rings is 3. The van der Waals surface area contributed by atoms with Crippen LogP contribution in [0.2, 0.25) is 0 Å². The molecule has 0 bridgehead atoms. The monoisotopic (exact) mass is 511 g/mol. The van der Waals surface area contributed by atoms with E-state index in [2.05, 4.69) is 9.97 Å². The van der Waals surface area contributed by atoms with Crippen molar-refractivity contribution in [2.45, 2.75) is 39.3 Å². The molecule has 1 atom stereocenters. The molecular formula is C31H33N3O4. The van der Waals surface area contributed by atoms with Gasteiger partial charge in [0.05, 0.1) is 6.61 Å². The highest BCUT2D eigenvalue weighted by Gasteiger charge is 2.28. The average molecular weight is 512 g/mol. The highest BCUT2D eigenvalue weighted by atomic mass is 16.5. The number of carbonyl (C=O) groups excluding carboxylic acids is 1. The summed E-state index contributed by atoms with van der Waals surface area (Å²) in [6.07, 6.45) is 0. The number of aliphatic hydroxyl groups excluding tert-OH is 1. The first-order valence-electron chi connectivity index (χ1n) is 12.8. The lowest BCUT2D eigenvalue weighted by atomic mass is 9.91. The minimum Gasteiger partial charge on any atom is -0.481 e. The molecule has 7 heteroatoms. The van der Waals surface area contributed by atoms with Crippen molar-refractivity contribution in [1.82, 2.24) is 14.9 Å². The fraction of sp³-hybridized carbons (Fsp3) is 0.258. The normalized spacial score (nSPS) is 11.8. The molecule has 0 spiro atoms. The zero-order valence-electron chi connectivity index (χ0n) is 21.9. The molecule has 3 aromatic carbocycles. The highest BCUT2D eigenvalue weighted by Crippen LogP contribution is 2.32. The van der Waals surface area contributed by atoms with Crippen LogP contribution in [0.3, 0.4) is 0 Å². The molecule has 4 rings (SSSR count). The second-order valence-corrected chi connectivity index (χ2v) is 9.39. The number of amides is 1. The molecule has 4 aromatic rings. The number of aromatic nitrogens is 2. The van der Waals surface area contributed by atoms with E-state index in [0.29, 0.717) is 5.82 Å². The van der Waals surface area contributed by atoms with Crippen LogP contribution in [0.1, 0.15) is 54.1 Å². The molecule has 1 heterocycles. The minimum atomic E-state index is -0.522. The number of ether oxygens (including phenoxy) is 1. The van der Waals surface area contributed by atoms with Crippen LogP contribution in [0.15, 0.2) is 89.7 Å². The van der Waals surface area contributed by atoms with Crippen molar-refractivity contribution < 1.29 is 14.6 Å². The zero-order chi connectivity index (χ0) is 27.1. The standard InChI is InChI=1S/C31H33N3O4/c1-21(2)34(18-19-35)31(37)27-28(38-20-23-12-6-4-7-13-23)30(36)33-29(32-27)22(3)25-16-10-11-17-26(25)24-14-8-5-9-15-24/h4-17,21-22,35H,18-20H2,1-3H3,(H,32,33,36). The lowest BCUT2D eigenvalue weighted by Crippen LogP contribution is -2.40. The number of nitrogens with zero attached hydrogens (tertiary/aromatic N) is 2. The molecule has 0 radical (unpaired) electrons. The van der Waals surface area contributed by atoms with Crippen LogP contribution >= 0.6 is 0 Å². The van der Waals surface area contributed by atoms with Gasteiger partial charge in [-0.25, -0.2) is 4.98 Å². The summed E-state index contributed by atoms with van der Waals surface area (Å²) in [7, 11) is 0. The van der Waals surface area contributed by atoms with Gasteiger partial charge in [0.15, 0.2) is 5.69 Å². The first-order chi connectivity index (χ1) is 18.4. The van der Waals surface area contributed by atoms with E-state index in [-0.39, 0.29) is 43.2 Å². The van der Waals surface area contributed by atoms with Gasteiger partial charge in [-0.1, -0.05) is 91.9 Å². The van der Waals surface area contributed by atoms with Gasteiger partial charge < -0.3 is 19.7 Å². The number of aromatic amines is 1. The fourth-order valence-corrected chi connectivity index (χ4v) is 4.43. The van der Waals surface area contributed by atoms with Crippen LogP contribution in [-0.2, 0) is 6.61 Å². The molecule has 2 N–H and O–H groups in total. The Morgan fingerprint density at radius 1 is 0.947 bits per heavy atom. The lowest BCUT2D eigenvalue weighted by molar-refractivity contribution is 0.0653. The smallest absolute Gasteiger partial charge is 0.294 e. The SMILES string of the molecule is CC(c1nc(C(=O)N(CCO)C(C)C)c(OCc2ccccc2)c(=O)[nH]1)c1ccccc1-c1ccccc1. The second-order valence-electron chi connectivity index (χ2n) is 9.39. The summed E-state index contributed by atoms with van der Waals surface area (Å²) in [5.41, 5.74) is 3.30. The van der Waals surface area contributed by atoms with Gasteiger partial charge in [0.1, 0.15) is 12.4 Å². The summed E-state index contributed by atoms with van der Waals surface area (Å²) in [5.74, 6) is -0.552. The number of carbonyl (C=O) groups is 1. The van der Waals surface area contributed by atoms with Gasteiger partial charge in [0.2, 0.25) is 5.75 Å². The summed E-state index contributed by atoms with van der Waals surface area (Å²) in [5, 5.41) is 9.57. The van der Waals surface area contributed by atoms with Crippen LogP contribution in [0, 0.1) is 0 Å². The summed E-state index contributed by atoms with van der Waals surface area (Å²) in [4.78, 5) is 36.1. The van der Waals surface area contributed by atoms with E-state index >= 15 is 0 Å². The Morgan fingerprint density at radius 3 is 2.24 bits per heavy atom. The third kappa shape index (κ3) is 6.01. The predicted molar refractivity (Wildman–Crippen MR) is 148 cm³/mol. The van der Waals surface area contributed by atoms with Gasteiger partial charge in [-0.05, 0) is 36.1 Å². The van der Waals surface area contributed by atoms with E-state index in [1.807, 2.05) is 106 Å². The third-order valence-corrected chi connectivity index (χ3v) is 6.47. The Morgan fingerprint density at radius 2 is 1.58 bits per heavy atom. The van der Waals surface area contributed by atoms with E-state index in [9.17, 15) is 14.7 Å². The van der Waals surface area contributed by atoms with Crippen LogP contribution < -0.4 is 10.3 Å². The maximum atomic E-state index is 13.7. The summed E-state index contributed by atoms with van der Waals surface area (Å²) in [6.45, 7) is 5.67. The fourth-order valence-electron chi connectivity index (χ4n) is 4.43. The lowest BCUT2D eigenvalue weighted by Gasteiger charge is -2.26.